The van der Waals surface area contributed by atoms with Gasteiger partial charge in [-0.25, -0.2) is 9.98 Å². The second-order valence-corrected chi connectivity index (χ2v) is 6.12. The maximum Gasteiger partial charge on any atom is 0.191 e. The van der Waals surface area contributed by atoms with Gasteiger partial charge in [-0.1, -0.05) is 18.2 Å². The maximum absolute atomic E-state index is 5.68. The lowest BCUT2D eigenvalue weighted by Gasteiger charge is -2.11. The van der Waals surface area contributed by atoms with Crippen molar-refractivity contribution in [2.45, 2.75) is 13.5 Å². The second-order valence-electron chi connectivity index (χ2n) is 6.12. The van der Waals surface area contributed by atoms with Gasteiger partial charge in [-0.15, -0.1) is 24.0 Å². The summed E-state index contributed by atoms with van der Waals surface area (Å²) in [5.41, 5.74) is 0.917. The van der Waals surface area contributed by atoms with Crippen molar-refractivity contribution in [2.24, 2.45) is 4.99 Å². The summed E-state index contributed by atoms with van der Waals surface area (Å²) in [6, 6.07) is 17.3. The number of hydrogen-bond acceptors (Lipinski definition) is 5. The minimum absolute atomic E-state index is 0. The molecule has 0 aliphatic carbocycles. The van der Waals surface area contributed by atoms with Crippen molar-refractivity contribution in [2.75, 3.05) is 26.8 Å². The SMILES string of the molecule is CCNC(=NCc1nc(-c2ccc(OC)cc2)n[nH]1)NCCOc1ccccc1.I. The fourth-order valence-electron chi connectivity index (χ4n) is 2.59. The summed E-state index contributed by atoms with van der Waals surface area (Å²) in [5.74, 6) is 3.67. The normalized spacial score (nSPS) is 10.8. The zero-order valence-electron chi connectivity index (χ0n) is 17.1. The summed E-state index contributed by atoms with van der Waals surface area (Å²) in [6.45, 7) is 4.34. The van der Waals surface area contributed by atoms with Gasteiger partial charge < -0.3 is 20.1 Å². The average Bonchev–Trinajstić information content (AvgIpc) is 3.25. The van der Waals surface area contributed by atoms with Gasteiger partial charge in [0.15, 0.2) is 11.8 Å². The van der Waals surface area contributed by atoms with Gasteiger partial charge in [0.2, 0.25) is 0 Å². The van der Waals surface area contributed by atoms with Crippen LogP contribution in [0, 0.1) is 0 Å². The van der Waals surface area contributed by atoms with Crippen molar-refractivity contribution in [1.29, 1.82) is 0 Å². The van der Waals surface area contributed by atoms with E-state index in [0.717, 1.165) is 23.6 Å². The van der Waals surface area contributed by atoms with Crippen LogP contribution < -0.4 is 20.1 Å². The number of halogens is 1. The molecule has 0 spiro atoms. The highest BCUT2D eigenvalue weighted by Crippen LogP contribution is 2.19. The molecular weight excluding hydrogens is 495 g/mol. The molecule has 0 unspecified atom stereocenters. The first-order valence-electron chi connectivity index (χ1n) is 9.54. The number of guanidine groups is 1. The van der Waals surface area contributed by atoms with Gasteiger partial charge in [0.25, 0.3) is 0 Å². The van der Waals surface area contributed by atoms with Crippen LogP contribution in [-0.2, 0) is 6.54 Å². The minimum atomic E-state index is 0. The zero-order valence-corrected chi connectivity index (χ0v) is 19.4. The Morgan fingerprint density at radius 3 is 2.50 bits per heavy atom. The maximum atomic E-state index is 5.68. The number of H-pyrrole nitrogens is 1. The van der Waals surface area contributed by atoms with Crippen molar-refractivity contribution in [1.82, 2.24) is 25.8 Å². The number of ether oxygens (including phenoxy) is 2. The van der Waals surface area contributed by atoms with E-state index in [1.165, 1.54) is 0 Å². The van der Waals surface area contributed by atoms with Crippen LogP contribution in [0.5, 0.6) is 11.5 Å². The van der Waals surface area contributed by atoms with E-state index in [0.29, 0.717) is 37.3 Å². The molecule has 9 heteroatoms. The van der Waals surface area contributed by atoms with E-state index in [4.69, 9.17) is 9.47 Å². The third-order valence-corrected chi connectivity index (χ3v) is 4.02. The molecule has 0 aliphatic rings. The highest BCUT2D eigenvalue weighted by atomic mass is 127. The van der Waals surface area contributed by atoms with Crippen LogP contribution in [0.2, 0.25) is 0 Å². The number of nitrogens with one attached hydrogen (secondary N) is 3. The van der Waals surface area contributed by atoms with Crippen LogP contribution in [0.1, 0.15) is 12.7 Å². The topological polar surface area (TPSA) is 96.5 Å². The van der Waals surface area contributed by atoms with Gasteiger partial charge in [-0.05, 0) is 43.3 Å². The first-order chi connectivity index (χ1) is 14.3. The second kappa shape index (κ2) is 12.7. The highest BCUT2D eigenvalue weighted by molar-refractivity contribution is 14.0. The number of aromatic nitrogens is 3. The van der Waals surface area contributed by atoms with Gasteiger partial charge in [0.1, 0.15) is 30.5 Å². The summed E-state index contributed by atoms with van der Waals surface area (Å²) < 4.78 is 10.9. The number of hydrogen-bond donors (Lipinski definition) is 3. The first kappa shape index (κ1) is 23.5. The molecule has 8 nitrogen and oxygen atoms in total. The summed E-state index contributed by atoms with van der Waals surface area (Å²) in [7, 11) is 1.64. The Kier molecular flexibility index (Phi) is 9.92. The van der Waals surface area contributed by atoms with Crippen molar-refractivity contribution in [3.63, 3.8) is 0 Å². The van der Waals surface area contributed by atoms with Crippen molar-refractivity contribution in [3.05, 3.63) is 60.4 Å². The predicted molar refractivity (Wildman–Crippen MR) is 129 cm³/mol. The van der Waals surface area contributed by atoms with Crippen molar-refractivity contribution in [3.8, 4) is 22.9 Å². The van der Waals surface area contributed by atoms with Crippen molar-refractivity contribution < 1.29 is 9.47 Å². The molecule has 1 aromatic heterocycles. The van der Waals surface area contributed by atoms with Crippen LogP contribution in [0.4, 0.5) is 0 Å². The van der Waals surface area contributed by atoms with E-state index in [1.54, 1.807) is 7.11 Å². The largest absolute Gasteiger partial charge is 0.497 e. The molecule has 3 N–H and O–H groups in total. The van der Waals surface area contributed by atoms with Crippen LogP contribution in [0.25, 0.3) is 11.4 Å². The molecular formula is C21H27IN6O2. The molecule has 2 aromatic carbocycles. The first-order valence-corrected chi connectivity index (χ1v) is 9.54. The van der Waals surface area contributed by atoms with Crippen LogP contribution in [0.3, 0.4) is 0 Å². The van der Waals surface area contributed by atoms with Gasteiger partial charge in [0, 0.05) is 12.1 Å². The standard InChI is InChI=1S/C21H26N6O2.HI/c1-3-22-21(23-13-14-29-18-7-5-4-6-8-18)24-15-19-25-20(27-26-19)16-9-11-17(28-2)12-10-16;/h4-12H,3,13-15H2,1-2H3,(H2,22,23,24)(H,25,26,27);1H. The zero-order chi connectivity index (χ0) is 20.3. The number of benzene rings is 2. The molecule has 0 atom stereocenters. The molecule has 0 saturated carbocycles. The molecule has 0 amide bonds. The molecule has 0 fully saturated rings. The fraction of sp³-hybridized carbons (Fsp3) is 0.286. The van der Waals surface area contributed by atoms with Crippen LogP contribution in [0.15, 0.2) is 59.6 Å². The van der Waals surface area contributed by atoms with Crippen LogP contribution >= 0.6 is 24.0 Å². The summed E-state index contributed by atoms with van der Waals surface area (Å²) >= 11 is 0. The third kappa shape index (κ3) is 7.21. The van der Waals surface area contributed by atoms with Gasteiger partial charge in [-0.2, -0.15) is 5.10 Å². The summed E-state index contributed by atoms with van der Waals surface area (Å²) in [6.07, 6.45) is 0. The number of methoxy groups -OCH3 is 1. The lowest BCUT2D eigenvalue weighted by atomic mass is 10.2. The molecule has 1 heterocycles. The molecule has 3 aromatic rings. The van der Waals surface area contributed by atoms with Crippen LogP contribution in [-0.4, -0.2) is 47.9 Å². The Balaban J connectivity index is 0.00000320. The number of aromatic amines is 1. The van der Waals surface area contributed by atoms with E-state index in [2.05, 4.69) is 30.8 Å². The summed E-state index contributed by atoms with van der Waals surface area (Å²) in [5, 5.41) is 13.7. The smallest absolute Gasteiger partial charge is 0.191 e. The molecule has 160 valence electrons. The molecule has 0 aliphatic heterocycles. The predicted octanol–water partition coefficient (Wildman–Crippen LogP) is 3.23. The van der Waals surface area contributed by atoms with E-state index >= 15 is 0 Å². The molecule has 0 radical (unpaired) electrons. The lowest BCUT2D eigenvalue weighted by Crippen LogP contribution is -2.39. The summed E-state index contributed by atoms with van der Waals surface area (Å²) in [4.78, 5) is 9.06. The average molecular weight is 522 g/mol. The third-order valence-electron chi connectivity index (χ3n) is 4.02. The molecule has 30 heavy (non-hydrogen) atoms. The van der Waals surface area contributed by atoms with E-state index < -0.39 is 0 Å². The minimum Gasteiger partial charge on any atom is -0.497 e. The van der Waals surface area contributed by atoms with Gasteiger partial charge >= 0.3 is 0 Å². The fourth-order valence-corrected chi connectivity index (χ4v) is 2.59. The Labute approximate surface area is 193 Å². The molecule has 0 bridgehead atoms. The number of nitrogens with zero attached hydrogens (tertiary/aromatic N) is 3. The van der Waals surface area contributed by atoms with Gasteiger partial charge in [-0.3, -0.25) is 5.10 Å². The molecule has 0 saturated heterocycles. The quantitative estimate of drug-likeness (QED) is 0.173. The number of para-hydroxylation sites is 1. The Bertz CT molecular complexity index is 899. The van der Waals surface area contributed by atoms with E-state index in [1.807, 2.05) is 61.5 Å². The van der Waals surface area contributed by atoms with Crippen molar-refractivity contribution >= 4 is 29.9 Å². The van der Waals surface area contributed by atoms with E-state index in [-0.39, 0.29) is 24.0 Å². The highest BCUT2D eigenvalue weighted by Gasteiger charge is 2.06. The monoisotopic (exact) mass is 522 g/mol. The Morgan fingerprint density at radius 2 is 1.80 bits per heavy atom. The van der Waals surface area contributed by atoms with Gasteiger partial charge in [0.05, 0.1) is 13.7 Å². The lowest BCUT2D eigenvalue weighted by molar-refractivity contribution is 0.322. The van der Waals surface area contributed by atoms with E-state index in [9.17, 15) is 0 Å². The number of rotatable bonds is 9. The number of aliphatic imine (C=N–C) groups is 1. The Hall–Kier alpha value is -2.82. The molecule has 3 rings (SSSR count). The Morgan fingerprint density at radius 1 is 1.03 bits per heavy atom.